The van der Waals surface area contributed by atoms with Crippen LogP contribution in [0.3, 0.4) is 0 Å². The summed E-state index contributed by atoms with van der Waals surface area (Å²) >= 11 is 0. The normalized spacial score (nSPS) is 14.8. The van der Waals surface area contributed by atoms with Gasteiger partial charge in [0.15, 0.2) is 0 Å². The number of rotatable bonds is 6. The van der Waals surface area contributed by atoms with Crippen LogP contribution in [0.2, 0.25) is 0 Å². The van der Waals surface area contributed by atoms with Gasteiger partial charge in [0.05, 0.1) is 18.4 Å². The topological polar surface area (TPSA) is 92.1 Å². The first-order valence-electron chi connectivity index (χ1n) is 10.2. The minimum absolute atomic E-state index is 0.222. The van der Waals surface area contributed by atoms with E-state index in [4.69, 9.17) is 10.00 Å². The molecule has 1 aliphatic rings. The predicted octanol–water partition coefficient (Wildman–Crippen LogP) is 5.26. The highest BCUT2D eigenvalue weighted by molar-refractivity contribution is 5.63. The SMILES string of the molecule is CNc1nc(Nc2ccc(C#N)c(OC)c2)nc2c1CCC2c1ccc(OC(F)(F)F)cc1F. The summed E-state index contributed by atoms with van der Waals surface area (Å²) in [6.07, 6.45) is -3.82. The third kappa shape index (κ3) is 4.66. The van der Waals surface area contributed by atoms with Crippen LogP contribution in [0, 0.1) is 17.1 Å². The lowest BCUT2D eigenvalue weighted by Gasteiger charge is -2.16. The Balaban J connectivity index is 1.68. The highest BCUT2D eigenvalue weighted by Crippen LogP contribution is 2.42. The quantitative estimate of drug-likeness (QED) is 0.472. The summed E-state index contributed by atoms with van der Waals surface area (Å²) in [5, 5.41) is 15.2. The summed E-state index contributed by atoms with van der Waals surface area (Å²) in [7, 11) is 3.16. The number of methoxy groups -OCH3 is 1. The van der Waals surface area contributed by atoms with E-state index in [1.54, 1.807) is 25.2 Å². The highest BCUT2D eigenvalue weighted by Gasteiger charge is 2.33. The number of nitrogens with zero attached hydrogens (tertiary/aromatic N) is 3. The molecule has 7 nitrogen and oxygen atoms in total. The summed E-state index contributed by atoms with van der Waals surface area (Å²) in [6, 6.07) is 10.0. The highest BCUT2D eigenvalue weighted by atomic mass is 19.4. The monoisotopic (exact) mass is 473 g/mol. The van der Waals surface area contributed by atoms with Crippen molar-refractivity contribution in [1.82, 2.24) is 9.97 Å². The molecule has 176 valence electrons. The van der Waals surface area contributed by atoms with Gasteiger partial charge in [-0.05, 0) is 36.6 Å². The molecular formula is C23H19F4N5O2. The number of hydrogen-bond acceptors (Lipinski definition) is 7. The maximum atomic E-state index is 14.8. The van der Waals surface area contributed by atoms with Gasteiger partial charge in [0.1, 0.15) is 29.2 Å². The molecule has 11 heteroatoms. The van der Waals surface area contributed by atoms with Gasteiger partial charge >= 0.3 is 6.36 Å². The smallest absolute Gasteiger partial charge is 0.495 e. The fourth-order valence-electron chi connectivity index (χ4n) is 4.00. The van der Waals surface area contributed by atoms with E-state index >= 15 is 0 Å². The fourth-order valence-corrected chi connectivity index (χ4v) is 4.00. The second kappa shape index (κ2) is 9.05. The summed E-state index contributed by atoms with van der Waals surface area (Å²) in [5.41, 5.74) is 2.55. The zero-order valence-electron chi connectivity index (χ0n) is 18.1. The van der Waals surface area contributed by atoms with Crippen molar-refractivity contribution in [2.24, 2.45) is 0 Å². The first kappa shape index (κ1) is 23.1. The number of alkyl halides is 3. The molecular weight excluding hydrogens is 454 g/mol. The van der Waals surface area contributed by atoms with Crippen LogP contribution in [0.15, 0.2) is 36.4 Å². The van der Waals surface area contributed by atoms with Gasteiger partial charge < -0.3 is 20.1 Å². The van der Waals surface area contributed by atoms with Crippen molar-refractivity contribution in [3.8, 4) is 17.6 Å². The van der Waals surface area contributed by atoms with E-state index in [1.807, 2.05) is 6.07 Å². The maximum absolute atomic E-state index is 14.8. The Morgan fingerprint density at radius 2 is 1.94 bits per heavy atom. The standard InChI is InChI=1S/C23H19F4N5O2/c1-29-21-17-8-7-16(15-6-5-14(10-18(15)24)34-23(25,26)27)20(17)31-22(32-21)30-13-4-3-12(11-28)19(9-13)33-2/h3-6,9-10,16H,7-8H2,1-2H3,(H2,29,30,31,32). The van der Waals surface area contributed by atoms with Gasteiger partial charge in [-0.2, -0.15) is 10.2 Å². The largest absolute Gasteiger partial charge is 0.573 e. The number of ether oxygens (including phenoxy) is 2. The molecule has 0 bridgehead atoms. The fraction of sp³-hybridized carbons (Fsp3) is 0.261. The van der Waals surface area contributed by atoms with E-state index < -0.39 is 23.8 Å². The van der Waals surface area contributed by atoms with Crippen LogP contribution < -0.4 is 20.1 Å². The number of aromatic nitrogens is 2. The zero-order valence-corrected chi connectivity index (χ0v) is 18.1. The average Bonchev–Trinajstić information content (AvgIpc) is 3.21. The van der Waals surface area contributed by atoms with Crippen molar-refractivity contribution in [3.63, 3.8) is 0 Å². The molecule has 0 saturated carbocycles. The third-order valence-electron chi connectivity index (χ3n) is 5.45. The summed E-state index contributed by atoms with van der Waals surface area (Å²) in [5.74, 6) is -0.727. The minimum Gasteiger partial charge on any atom is -0.495 e. The van der Waals surface area contributed by atoms with E-state index in [1.165, 1.54) is 13.2 Å². The second-order valence-corrected chi connectivity index (χ2v) is 7.48. The number of halogens is 4. The van der Waals surface area contributed by atoms with Gasteiger partial charge in [0.2, 0.25) is 5.95 Å². The summed E-state index contributed by atoms with van der Waals surface area (Å²) in [6.45, 7) is 0. The number of anilines is 3. The number of benzene rings is 2. The molecule has 0 aliphatic heterocycles. The summed E-state index contributed by atoms with van der Waals surface area (Å²) < 4.78 is 61.2. The number of fused-ring (bicyclic) bond motifs is 1. The lowest BCUT2D eigenvalue weighted by atomic mass is 9.96. The Bertz CT molecular complexity index is 1270. The predicted molar refractivity (Wildman–Crippen MR) is 116 cm³/mol. The Morgan fingerprint density at radius 3 is 2.59 bits per heavy atom. The first-order valence-corrected chi connectivity index (χ1v) is 10.2. The molecule has 4 rings (SSSR count). The lowest BCUT2D eigenvalue weighted by Crippen LogP contribution is -2.17. The van der Waals surface area contributed by atoms with Gasteiger partial charge in [0.25, 0.3) is 0 Å². The molecule has 1 aliphatic carbocycles. The van der Waals surface area contributed by atoms with Gasteiger partial charge in [-0.15, -0.1) is 13.2 Å². The number of nitriles is 1. The van der Waals surface area contributed by atoms with Crippen molar-refractivity contribution in [3.05, 3.63) is 64.6 Å². The Kier molecular flexibility index (Phi) is 6.15. The van der Waals surface area contributed by atoms with Crippen molar-refractivity contribution in [1.29, 1.82) is 5.26 Å². The maximum Gasteiger partial charge on any atom is 0.573 e. The number of hydrogen-bond donors (Lipinski definition) is 2. The Labute approximate surface area is 192 Å². The molecule has 0 radical (unpaired) electrons. The van der Waals surface area contributed by atoms with E-state index in [2.05, 4.69) is 25.3 Å². The van der Waals surface area contributed by atoms with Crippen LogP contribution in [0.25, 0.3) is 0 Å². The van der Waals surface area contributed by atoms with Gasteiger partial charge in [-0.25, -0.2) is 9.37 Å². The molecule has 0 saturated heterocycles. The van der Waals surface area contributed by atoms with Gasteiger partial charge in [-0.3, -0.25) is 0 Å². The van der Waals surface area contributed by atoms with Crippen LogP contribution >= 0.6 is 0 Å². The molecule has 2 aromatic carbocycles. The van der Waals surface area contributed by atoms with Crippen LogP contribution in [0.4, 0.5) is 35.0 Å². The van der Waals surface area contributed by atoms with E-state index in [0.29, 0.717) is 41.4 Å². The molecule has 0 amide bonds. The van der Waals surface area contributed by atoms with Crippen LogP contribution in [-0.2, 0) is 6.42 Å². The van der Waals surface area contributed by atoms with Crippen LogP contribution in [-0.4, -0.2) is 30.5 Å². The molecule has 34 heavy (non-hydrogen) atoms. The lowest BCUT2D eigenvalue weighted by molar-refractivity contribution is -0.274. The zero-order chi connectivity index (χ0) is 24.5. The molecule has 0 fully saturated rings. The van der Waals surface area contributed by atoms with Crippen molar-refractivity contribution >= 4 is 17.5 Å². The Morgan fingerprint density at radius 1 is 1.15 bits per heavy atom. The first-order chi connectivity index (χ1) is 16.2. The molecule has 1 atom stereocenters. The van der Waals surface area contributed by atoms with Crippen molar-refractivity contribution in [2.75, 3.05) is 24.8 Å². The van der Waals surface area contributed by atoms with Crippen molar-refractivity contribution < 1.29 is 27.0 Å². The van der Waals surface area contributed by atoms with Crippen molar-refractivity contribution in [2.45, 2.75) is 25.1 Å². The molecule has 1 unspecified atom stereocenters. The summed E-state index contributed by atoms with van der Waals surface area (Å²) in [4.78, 5) is 9.07. The Hall–Kier alpha value is -4.07. The molecule has 0 spiro atoms. The second-order valence-electron chi connectivity index (χ2n) is 7.48. The average molecular weight is 473 g/mol. The van der Waals surface area contributed by atoms with Crippen LogP contribution in [0.5, 0.6) is 11.5 Å². The minimum atomic E-state index is -4.91. The van der Waals surface area contributed by atoms with Gasteiger partial charge in [0, 0.05) is 36.3 Å². The third-order valence-corrected chi connectivity index (χ3v) is 5.45. The van der Waals surface area contributed by atoms with E-state index in [-0.39, 0.29) is 11.5 Å². The van der Waals surface area contributed by atoms with Crippen LogP contribution in [0.1, 0.15) is 34.7 Å². The molecule has 1 heterocycles. The van der Waals surface area contributed by atoms with E-state index in [0.717, 1.165) is 17.7 Å². The molecule has 2 N–H and O–H groups in total. The number of nitrogens with one attached hydrogen (secondary N) is 2. The van der Waals surface area contributed by atoms with Gasteiger partial charge in [-0.1, -0.05) is 6.07 Å². The molecule has 3 aromatic rings. The van der Waals surface area contributed by atoms with E-state index in [9.17, 15) is 17.6 Å². The molecule has 1 aromatic heterocycles.